The minimum atomic E-state index is 0.417. The van der Waals surface area contributed by atoms with E-state index in [0.717, 1.165) is 31.1 Å². The van der Waals surface area contributed by atoms with Gasteiger partial charge in [-0.15, -0.1) is 0 Å². The Morgan fingerprint density at radius 2 is 2.05 bits per heavy atom. The molecule has 4 heteroatoms. The van der Waals surface area contributed by atoms with Gasteiger partial charge in [-0.25, -0.2) is 0 Å². The molecular weight excluding hydrogens is 240 g/mol. The van der Waals surface area contributed by atoms with E-state index >= 15 is 0 Å². The summed E-state index contributed by atoms with van der Waals surface area (Å²) in [5.41, 5.74) is 1.30. The second-order valence-electron chi connectivity index (χ2n) is 5.43. The maximum atomic E-state index is 5.67. The number of nitrogens with one attached hydrogen (secondary N) is 1. The first-order valence-corrected chi connectivity index (χ1v) is 7.11. The highest BCUT2D eigenvalue weighted by molar-refractivity contribution is 5.44. The van der Waals surface area contributed by atoms with Gasteiger partial charge in [0.2, 0.25) is 0 Å². The summed E-state index contributed by atoms with van der Waals surface area (Å²) in [6, 6.07) is 7.30. The molecule has 2 aliphatic heterocycles. The molecule has 104 valence electrons. The lowest BCUT2D eigenvalue weighted by Gasteiger charge is -2.36. The van der Waals surface area contributed by atoms with Crippen molar-refractivity contribution < 1.29 is 9.47 Å². The van der Waals surface area contributed by atoms with Crippen LogP contribution in [-0.4, -0.2) is 43.8 Å². The van der Waals surface area contributed by atoms with Crippen molar-refractivity contribution in [3.8, 4) is 11.5 Å². The average molecular weight is 262 g/mol. The third-order valence-electron chi connectivity index (χ3n) is 4.00. The normalized spacial score (nSPS) is 25.1. The van der Waals surface area contributed by atoms with Crippen LogP contribution in [0.15, 0.2) is 18.2 Å². The Hall–Kier alpha value is -1.26. The number of ether oxygens (including phenoxy) is 2. The van der Waals surface area contributed by atoms with Crippen LogP contribution in [0.1, 0.15) is 25.5 Å². The van der Waals surface area contributed by atoms with E-state index in [-0.39, 0.29) is 0 Å². The zero-order valence-corrected chi connectivity index (χ0v) is 11.7. The van der Waals surface area contributed by atoms with Crippen LogP contribution in [0, 0.1) is 0 Å². The number of fused-ring (bicyclic) bond motifs is 1. The molecule has 3 rings (SSSR count). The molecule has 0 spiro atoms. The van der Waals surface area contributed by atoms with Crippen molar-refractivity contribution in [1.82, 2.24) is 10.2 Å². The fourth-order valence-electron chi connectivity index (χ4n) is 2.84. The summed E-state index contributed by atoms with van der Waals surface area (Å²) in [7, 11) is 0. The minimum Gasteiger partial charge on any atom is -0.486 e. The molecule has 0 bridgehead atoms. The van der Waals surface area contributed by atoms with Gasteiger partial charge in [0.1, 0.15) is 13.2 Å². The predicted molar refractivity (Wildman–Crippen MR) is 74.9 cm³/mol. The largest absolute Gasteiger partial charge is 0.486 e. The van der Waals surface area contributed by atoms with Gasteiger partial charge in [0.25, 0.3) is 0 Å². The van der Waals surface area contributed by atoms with E-state index in [1.165, 1.54) is 5.56 Å². The summed E-state index contributed by atoms with van der Waals surface area (Å²) in [5, 5.41) is 3.48. The summed E-state index contributed by atoms with van der Waals surface area (Å²) in [6.07, 6.45) is 0. The molecule has 4 nitrogen and oxygen atoms in total. The molecule has 0 saturated carbocycles. The van der Waals surface area contributed by atoms with Gasteiger partial charge in [0, 0.05) is 31.7 Å². The van der Waals surface area contributed by atoms with Crippen molar-refractivity contribution >= 4 is 0 Å². The molecule has 0 amide bonds. The van der Waals surface area contributed by atoms with Crippen LogP contribution in [0.5, 0.6) is 11.5 Å². The van der Waals surface area contributed by atoms with Crippen molar-refractivity contribution in [1.29, 1.82) is 0 Å². The highest BCUT2D eigenvalue weighted by Gasteiger charge is 2.23. The second-order valence-corrected chi connectivity index (χ2v) is 5.43. The number of piperazine rings is 1. The van der Waals surface area contributed by atoms with Gasteiger partial charge in [-0.3, -0.25) is 4.90 Å². The molecule has 2 heterocycles. The molecule has 1 fully saturated rings. The molecular formula is C15H22N2O2. The standard InChI is InChI=1S/C15H22N2O2/c1-11-10-17(6-5-16-11)12(2)13-3-4-14-15(9-13)19-8-7-18-14/h3-4,9,11-12,16H,5-8,10H2,1-2H3. The Kier molecular flexibility index (Phi) is 3.62. The third-order valence-corrected chi connectivity index (χ3v) is 4.00. The summed E-state index contributed by atoms with van der Waals surface area (Å²) in [6.45, 7) is 9.06. The zero-order chi connectivity index (χ0) is 13.2. The molecule has 0 aromatic heterocycles. The quantitative estimate of drug-likeness (QED) is 0.881. The number of hydrogen-bond donors (Lipinski definition) is 1. The maximum absolute atomic E-state index is 5.67. The number of benzene rings is 1. The van der Waals surface area contributed by atoms with Gasteiger partial charge in [0.05, 0.1) is 0 Å². The van der Waals surface area contributed by atoms with Crippen LogP contribution in [0.25, 0.3) is 0 Å². The lowest BCUT2D eigenvalue weighted by Crippen LogP contribution is -2.49. The zero-order valence-electron chi connectivity index (χ0n) is 11.7. The highest BCUT2D eigenvalue weighted by atomic mass is 16.6. The Morgan fingerprint density at radius 3 is 2.84 bits per heavy atom. The van der Waals surface area contributed by atoms with Crippen LogP contribution in [-0.2, 0) is 0 Å². The minimum absolute atomic E-state index is 0.417. The first kappa shape index (κ1) is 12.8. The number of hydrogen-bond acceptors (Lipinski definition) is 4. The van der Waals surface area contributed by atoms with Crippen LogP contribution < -0.4 is 14.8 Å². The molecule has 2 unspecified atom stereocenters. The van der Waals surface area contributed by atoms with Crippen LogP contribution in [0.2, 0.25) is 0 Å². The van der Waals surface area contributed by atoms with E-state index in [1.807, 2.05) is 6.07 Å². The average Bonchev–Trinajstić information content (AvgIpc) is 2.46. The summed E-state index contributed by atoms with van der Waals surface area (Å²) in [5.74, 6) is 1.76. The molecule has 1 aromatic carbocycles. The molecule has 1 aromatic rings. The predicted octanol–water partition coefficient (Wildman–Crippen LogP) is 1.81. The summed E-state index contributed by atoms with van der Waals surface area (Å²) >= 11 is 0. The maximum Gasteiger partial charge on any atom is 0.161 e. The van der Waals surface area contributed by atoms with Gasteiger partial charge < -0.3 is 14.8 Å². The van der Waals surface area contributed by atoms with Gasteiger partial charge in [0.15, 0.2) is 11.5 Å². The molecule has 0 radical (unpaired) electrons. The monoisotopic (exact) mass is 262 g/mol. The van der Waals surface area contributed by atoms with Gasteiger partial charge >= 0.3 is 0 Å². The van der Waals surface area contributed by atoms with E-state index in [9.17, 15) is 0 Å². The van der Waals surface area contributed by atoms with Crippen LogP contribution in [0.3, 0.4) is 0 Å². The Labute approximate surface area is 114 Å². The SMILES string of the molecule is CC1CN(C(C)c2ccc3c(c2)OCCO3)CCN1. The lowest BCUT2D eigenvalue weighted by atomic mass is 10.0. The van der Waals surface area contributed by atoms with E-state index in [4.69, 9.17) is 9.47 Å². The highest BCUT2D eigenvalue weighted by Crippen LogP contribution is 2.34. The van der Waals surface area contributed by atoms with E-state index in [2.05, 4.69) is 36.2 Å². The first-order valence-electron chi connectivity index (χ1n) is 7.11. The lowest BCUT2D eigenvalue weighted by molar-refractivity contribution is 0.155. The third kappa shape index (κ3) is 2.69. The molecule has 1 N–H and O–H groups in total. The molecule has 1 saturated heterocycles. The topological polar surface area (TPSA) is 33.7 Å². The number of rotatable bonds is 2. The molecule has 2 aliphatic rings. The first-order chi connectivity index (χ1) is 9.24. The summed E-state index contributed by atoms with van der Waals surface area (Å²) in [4.78, 5) is 2.52. The smallest absolute Gasteiger partial charge is 0.161 e. The molecule has 2 atom stereocenters. The van der Waals surface area contributed by atoms with Crippen LogP contribution in [0.4, 0.5) is 0 Å². The van der Waals surface area contributed by atoms with Crippen molar-refractivity contribution in [2.24, 2.45) is 0 Å². The van der Waals surface area contributed by atoms with Crippen molar-refractivity contribution in [2.45, 2.75) is 25.9 Å². The van der Waals surface area contributed by atoms with Gasteiger partial charge in [-0.05, 0) is 31.5 Å². The molecule has 0 aliphatic carbocycles. The summed E-state index contributed by atoms with van der Waals surface area (Å²) < 4.78 is 11.2. The van der Waals surface area contributed by atoms with Crippen molar-refractivity contribution in [2.75, 3.05) is 32.8 Å². The van der Waals surface area contributed by atoms with E-state index < -0.39 is 0 Å². The Bertz CT molecular complexity index is 450. The van der Waals surface area contributed by atoms with Crippen LogP contribution >= 0.6 is 0 Å². The van der Waals surface area contributed by atoms with Crippen molar-refractivity contribution in [3.63, 3.8) is 0 Å². The fourth-order valence-corrected chi connectivity index (χ4v) is 2.84. The second kappa shape index (κ2) is 5.39. The van der Waals surface area contributed by atoms with E-state index in [1.54, 1.807) is 0 Å². The Morgan fingerprint density at radius 1 is 1.26 bits per heavy atom. The van der Waals surface area contributed by atoms with Gasteiger partial charge in [-0.2, -0.15) is 0 Å². The van der Waals surface area contributed by atoms with Gasteiger partial charge in [-0.1, -0.05) is 6.07 Å². The molecule has 19 heavy (non-hydrogen) atoms. The van der Waals surface area contributed by atoms with E-state index in [0.29, 0.717) is 25.3 Å². The Balaban J connectivity index is 1.77. The number of nitrogens with zero attached hydrogens (tertiary/aromatic N) is 1. The van der Waals surface area contributed by atoms with Crippen molar-refractivity contribution in [3.05, 3.63) is 23.8 Å². The fraction of sp³-hybridized carbons (Fsp3) is 0.600.